The Morgan fingerprint density at radius 3 is 0.592 bits per heavy atom. The van der Waals surface area contributed by atoms with Crippen LogP contribution in [-0.4, -0.2) is 34.9 Å². The predicted octanol–water partition coefficient (Wildman–Crippen LogP) is 24.6. The summed E-state index contributed by atoms with van der Waals surface area (Å²) in [7, 11) is 0. The molecule has 0 heterocycles. The van der Waals surface area contributed by atoms with Crippen molar-refractivity contribution in [3.05, 3.63) is 0 Å². The molecule has 0 aliphatic heterocycles. The van der Waals surface area contributed by atoms with E-state index < -0.39 is 12.1 Å². The van der Waals surface area contributed by atoms with Gasteiger partial charge in [0.05, 0.1) is 18.8 Å². The number of aliphatic hydroxyl groups is 2. The van der Waals surface area contributed by atoms with Crippen LogP contribution in [-0.2, 0) is 4.79 Å². The van der Waals surface area contributed by atoms with Gasteiger partial charge in [0.25, 0.3) is 0 Å². The molecule has 0 spiro atoms. The third-order valence-corrected chi connectivity index (χ3v) is 17.6. The van der Waals surface area contributed by atoms with Gasteiger partial charge in [0.1, 0.15) is 0 Å². The zero-order valence-corrected chi connectivity index (χ0v) is 52.8. The van der Waals surface area contributed by atoms with E-state index in [9.17, 15) is 15.0 Å². The van der Waals surface area contributed by atoms with Gasteiger partial charge in [-0.25, -0.2) is 0 Å². The minimum absolute atomic E-state index is 0.0188. The Bertz CT molecular complexity index is 1030. The summed E-state index contributed by atoms with van der Waals surface area (Å²) in [5, 5.41) is 23.5. The van der Waals surface area contributed by atoms with E-state index >= 15 is 0 Å². The second-order valence-corrected chi connectivity index (χ2v) is 25.4. The number of aliphatic hydroxyl groups excluding tert-OH is 2. The van der Waals surface area contributed by atoms with E-state index in [2.05, 4.69) is 19.2 Å². The Hall–Kier alpha value is -0.610. The standard InChI is InChI=1S/C72H145NO3/c1-3-5-7-9-11-13-15-17-19-21-23-25-27-29-31-33-35-36-37-38-40-42-44-46-48-50-52-54-56-58-60-62-64-66-68-72(76)73-70(69-74)71(75)67-65-63-61-59-57-55-53-51-49-47-45-43-41-39-34-32-30-28-26-24-22-20-18-16-14-12-10-8-6-4-2/h70-71,74-75H,3-69H2,1-2H3,(H,73,76). The summed E-state index contributed by atoms with van der Waals surface area (Å²) in [5.41, 5.74) is 0. The quantitative estimate of drug-likeness (QED) is 0.0532. The third-order valence-electron chi connectivity index (χ3n) is 17.6. The Morgan fingerprint density at radius 2 is 0.421 bits per heavy atom. The summed E-state index contributed by atoms with van der Waals surface area (Å²) in [6.45, 7) is 4.42. The summed E-state index contributed by atoms with van der Waals surface area (Å²) >= 11 is 0. The molecule has 76 heavy (non-hydrogen) atoms. The van der Waals surface area contributed by atoms with Crippen molar-refractivity contribution in [3.8, 4) is 0 Å². The van der Waals surface area contributed by atoms with E-state index in [1.54, 1.807) is 0 Å². The molecule has 456 valence electrons. The summed E-state index contributed by atoms with van der Waals surface area (Å²) in [5.74, 6) is -0.0188. The molecule has 3 N–H and O–H groups in total. The van der Waals surface area contributed by atoms with E-state index in [4.69, 9.17) is 0 Å². The highest BCUT2D eigenvalue weighted by molar-refractivity contribution is 5.76. The predicted molar refractivity (Wildman–Crippen MR) is 341 cm³/mol. The van der Waals surface area contributed by atoms with Crippen molar-refractivity contribution in [1.29, 1.82) is 0 Å². The molecule has 0 saturated heterocycles. The van der Waals surface area contributed by atoms with E-state index in [-0.39, 0.29) is 12.5 Å². The first kappa shape index (κ1) is 75.4. The van der Waals surface area contributed by atoms with Crippen LogP contribution in [0.15, 0.2) is 0 Å². The molecule has 0 aromatic carbocycles. The van der Waals surface area contributed by atoms with Gasteiger partial charge in [-0.2, -0.15) is 0 Å². The van der Waals surface area contributed by atoms with Gasteiger partial charge in [0, 0.05) is 6.42 Å². The highest BCUT2D eigenvalue weighted by Gasteiger charge is 2.20. The van der Waals surface area contributed by atoms with Crippen LogP contribution in [0.2, 0.25) is 0 Å². The molecule has 0 aromatic rings. The molecule has 0 fully saturated rings. The summed E-state index contributed by atoms with van der Waals surface area (Å²) in [4.78, 5) is 12.6. The topological polar surface area (TPSA) is 69.6 Å². The Kier molecular flexibility index (Phi) is 68.1. The van der Waals surface area contributed by atoms with Crippen LogP contribution in [0.1, 0.15) is 438 Å². The average molecular weight is 1070 g/mol. The van der Waals surface area contributed by atoms with Crippen LogP contribution in [0.5, 0.6) is 0 Å². The zero-order chi connectivity index (χ0) is 54.8. The normalized spacial score (nSPS) is 12.5. The molecule has 2 atom stereocenters. The van der Waals surface area contributed by atoms with Crippen LogP contribution in [0.4, 0.5) is 0 Å². The largest absolute Gasteiger partial charge is 0.394 e. The van der Waals surface area contributed by atoms with Crippen LogP contribution in [0, 0.1) is 0 Å². The molecular weight excluding hydrogens is 927 g/mol. The van der Waals surface area contributed by atoms with Crippen molar-refractivity contribution >= 4 is 5.91 Å². The number of hydrogen-bond acceptors (Lipinski definition) is 3. The van der Waals surface area contributed by atoms with Gasteiger partial charge >= 0.3 is 0 Å². The second kappa shape index (κ2) is 68.7. The number of unbranched alkanes of at least 4 members (excludes halogenated alkanes) is 62. The lowest BCUT2D eigenvalue weighted by atomic mass is 10.0. The van der Waals surface area contributed by atoms with Crippen molar-refractivity contribution in [2.24, 2.45) is 0 Å². The Balaban J connectivity index is 3.35. The first-order valence-corrected chi connectivity index (χ1v) is 36.2. The molecule has 2 unspecified atom stereocenters. The average Bonchev–Trinajstić information content (AvgIpc) is 3.42. The molecule has 0 radical (unpaired) electrons. The van der Waals surface area contributed by atoms with Crippen molar-refractivity contribution in [1.82, 2.24) is 5.32 Å². The van der Waals surface area contributed by atoms with Crippen molar-refractivity contribution in [2.75, 3.05) is 6.61 Å². The number of carbonyl (C=O) groups is 1. The molecule has 0 aromatic heterocycles. The van der Waals surface area contributed by atoms with Crippen LogP contribution >= 0.6 is 0 Å². The molecule has 4 nitrogen and oxygen atoms in total. The minimum atomic E-state index is -0.657. The lowest BCUT2D eigenvalue weighted by molar-refractivity contribution is -0.123. The van der Waals surface area contributed by atoms with Crippen LogP contribution in [0.25, 0.3) is 0 Å². The fourth-order valence-corrected chi connectivity index (χ4v) is 12.1. The van der Waals surface area contributed by atoms with Gasteiger partial charge in [0.15, 0.2) is 0 Å². The van der Waals surface area contributed by atoms with Gasteiger partial charge < -0.3 is 15.5 Å². The van der Waals surface area contributed by atoms with Gasteiger partial charge in [-0.15, -0.1) is 0 Å². The fourth-order valence-electron chi connectivity index (χ4n) is 12.1. The summed E-state index contributed by atoms with van der Waals surface area (Å²) < 4.78 is 0. The summed E-state index contributed by atoms with van der Waals surface area (Å²) in [6, 6.07) is -0.533. The van der Waals surface area contributed by atoms with Crippen molar-refractivity contribution in [3.63, 3.8) is 0 Å². The van der Waals surface area contributed by atoms with Crippen LogP contribution < -0.4 is 5.32 Å². The van der Waals surface area contributed by atoms with E-state index in [1.165, 1.54) is 385 Å². The first-order chi connectivity index (χ1) is 37.7. The minimum Gasteiger partial charge on any atom is -0.394 e. The molecule has 4 heteroatoms. The zero-order valence-electron chi connectivity index (χ0n) is 52.8. The maximum Gasteiger partial charge on any atom is 0.220 e. The fraction of sp³-hybridized carbons (Fsp3) is 0.986. The summed E-state index contributed by atoms with van der Waals surface area (Å²) in [6.07, 6.45) is 90.4. The molecule has 0 bridgehead atoms. The van der Waals surface area contributed by atoms with Gasteiger partial charge in [0.2, 0.25) is 5.91 Å². The number of amides is 1. The van der Waals surface area contributed by atoms with Gasteiger partial charge in [-0.1, -0.05) is 418 Å². The molecule has 1 amide bonds. The highest BCUT2D eigenvalue weighted by atomic mass is 16.3. The molecule has 0 aliphatic rings. The maximum atomic E-state index is 12.6. The van der Waals surface area contributed by atoms with Gasteiger partial charge in [-0.3, -0.25) is 4.79 Å². The Morgan fingerprint density at radius 1 is 0.263 bits per heavy atom. The SMILES string of the molecule is CCCCCCCCCCCCCCCCCCCCCCCCCCCCCCCCCCCCC(=O)NC(CO)C(O)CCCCCCCCCCCCCCCCCCCCCCCCCCCCCCCC. The van der Waals surface area contributed by atoms with Crippen molar-refractivity contribution in [2.45, 2.75) is 450 Å². The van der Waals surface area contributed by atoms with Crippen molar-refractivity contribution < 1.29 is 15.0 Å². The van der Waals surface area contributed by atoms with E-state index in [0.717, 1.165) is 25.7 Å². The van der Waals surface area contributed by atoms with E-state index in [1.807, 2.05) is 0 Å². The van der Waals surface area contributed by atoms with E-state index in [0.29, 0.717) is 12.8 Å². The lowest BCUT2D eigenvalue weighted by Gasteiger charge is -2.22. The lowest BCUT2D eigenvalue weighted by Crippen LogP contribution is -2.45. The highest BCUT2D eigenvalue weighted by Crippen LogP contribution is 2.20. The monoisotopic (exact) mass is 1070 g/mol. The second-order valence-electron chi connectivity index (χ2n) is 25.4. The Labute approximate surface area is 480 Å². The molecule has 0 saturated carbocycles. The molecular formula is C72H145NO3. The number of carbonyl (C=O) groups excluding carboxylic acids is 1. The number of hydrogen-bond donors (Lipinski definition) is 3. The molecule has 0 aliphatic carbocycles. The van der Waals surface area contributed by atoms with Gasteiger partial charge in [-0.05, 0) is 12.8 Å². The first-order valence-electron chi connectivity index (χ1n) is 36.2. The third kappa shape index (κ3) is 64.2. The number of rotatable bonds is 69. The van der Waals surface area contributed by atoms with Crippen LogP contribution in [0.3, 0.4) is 0 Å². The maximum absolute atomic E-state index is 12.6. The number of nitrogens with one attached hydrogen (secondary N) is 1. The smallest absolute Gasteiger partial charge is 0.220 e. The molecule has 0 rings (SSSR count).